The Balaban J connectivity index is 3.33. The van der Waals surface area contributed by atoms with Crippen molar-refractivity contribution < 1.29 is 9.84 Å². The molecular weight excluding hydrogens is 212 g/mol. The van der Waals surface area contributed by atoms with Gasteiger partial charge in [0.25, 0.3) is 0 Å². The first-order valence-electron chi connectivity index (χ1n) is 6.25. The van der Waals surface area contributed by atoms with Crippen LogP contribution < -0.4 is 4.74 Å². The molecule has 1 rings (SSSR count). The van der Waals surface area contributed by atoms with Gasteiger partial charge in [-0.05, 0) is 42.9 Å². The van der Waals surface area contributed by atoms with Gasteiger partial charge in [0.15, 0.2) is 0 Å². The Bertz CT molecular complexity index is 400. The van der Waals surface area contributed by atoms with Crippen molar-refractivity contribution in [2.75, 3.05) is 6.61 Å². The fourth-order valence-corrected chi connectivity index (χ4v) is 2.15. The molecule has 0 saturated carbocycles. The summed E-state index contributed by atoms with van der Waals surface area (Å²) in [5.41, 5.74) is 2.84. The molecule has 0 bridgehead atoms. The van der Waals surface area contributed by atoms with Crippen LogP contribution in [0.1, 0.15) is 50.8 Å². The summed E-state index contributed by atoms with van der Waals surface area (Å²) < 4.78 is 5.75. The minimum atomic E-state index is -0.0789. The van der Waals surface area contributed by atoms with Gasteiger partial charge < -0.3 is 9.84 Å². The molecule has 0 aromatic heterocycles. The number of aryl methyl sites for hydroxylation is 1. The molecule has 1 N–H and O–H groups in total. The summed E-state index contributed by atoms with van der Waals surface area (Å²) in [6, 6.07) is 1.93. The maximum Gasteiger partial charge on any atom is 0.123 e. The standard InChI is InChI=1S/C15H24O2/c1-7-8-17-12-9-10(2)14(16)13(11(12)3)15(4,5)6/h9,16H,7-8H2,1-6H3. The van der Waals surface area contributed by atoms with Crippen LogP contribution >= 0.6 is 0 Å². The molecule has 1 aromatic rings. The number of rotatable bonds is 3. The van der Waals surface area contributed by atoms with E-state index in [1.807, 2.05) is 19.9 Å². The van der Waals surface area contributed by atoms with Crippen molar-refractivity contribution in [2.24, 2.45) is 0 Å². The van der Waals surface area contributed by atoms with Crippen LogP contribution in [0.25, 0.3) is 0 Å². The number of phenolic OH excluding ortho intramolecular Hbond substituents is 1. The van der Waals surface area contributed by atoms with Crippen molar-refractivity contribution in [3.8, 4) is 11.5 Å². The lowest BCUT2D eigenvalue weighted by Crippen LogP contribution is -2.15. The third-order valence-electron chi connectivity index (χ3n) is 2.91. The predicted molar refractivity (Wildman–Crippen MR) is 72.1 cm³/mol. The molecule has 0 radical (unpaired) electrons. The summed E-state index contributed by atoms with van der Waals surface area (Å²) in [4.78, 5) is 0. The van der Waals surface area contributed by atoms with E-state index < -0.39 is 0 Å². The van der Waals surface area contributed by atoms with Gasteiger partial charge in [0.1, 0.15) is 11.5 Å². The highest BCUT2D eigenvalue weighted by Gasteiger charge is 2.24. The Morgan fingerprint density at radius 2 is 1.82 bits per heavy atom. The van der Waals surface area contributed by atoms with Crippen LogP contribution in [0.5, 0.6) is 11.5 Å². The number of hydrogen-bond acceptors (Lipinski definition) is 2. The van der Waals surface area contributed by atoms with E-state index in [0.29, 0.717) is 12.4 Å². The fraction of sp³-hybridized carbons (Fsp3) is 0.600. The molecule has 0 amide bonds. The molecule has 17 heavy (non-hydrogen) atoms. The maximum absolute atomic E-state index is 10.2. The molecule has 1 aromatic carbocycles. The minimum absolute atomic E-state index is 0.0789. The van der Waals surface area contributed by atoms with E-state index in [9.17, 15) is 5.11 Å². The zero-order valence-electron chi connectivity index (χ0n) is 11.8. The zero-order valence-corrected chi connectivity index (χ0v) is 11.8. The van der Waals surface area contributed by atoms with Gasteiger partial charge in [-0.15, -0.1) is 0 Å². The van der Waals surface area contributed by atoms with Crippen molar-refractivity contribution in [3.63, 3.8) is 0 Å². The van der Waals surface area contributed by atoms with Gasteiger partial charge >= 0.3 is 0 Å². The quantitative estimate of drug-likeness (QED) is 0.856. The van der Waals surface area contributed by atoms with Gasteiger partial charge in [-0.3, -0.25) is 0 Å². The van der Waals surface area contributed by atoms with E-state index in [0.717, 1.165) is 28.9 Å². The van der Waals surface area contributed by atoms with E-state index in [2.05, 4.69) is 27.7 Å². The molecule has 0 saturated heterocycles. The lowest BCUT2D eigenvalue weighted by molar-refractivity contribution is 0.312. The van der Waals surface area contributed by atoms with Crippen LogP contribution in [-0.4, -0.2) is 11.7 Å². The van der Waals surface area contributed by atoms with Crippen molar-refractivity contribution in [3.05, 3.63) is 22.8 Å². The van der Waals surface area contributed by atoms with Crippen LogP contribution in [0.4, 0.5) is 0 Å². The number of phenols is 1. The van der Waals surface area contributed by atoms with E-state index in [1.165, 1.54) is 0 Å². The van der Waals surface area contributed by atoms with Gasteiger partial charge in [0, 0.05) is 5.56 Å². The molecule has 0 fully saturated rings. The van der Waals surface area contributed by atoms with E-state index in [4.69, 9.17) is 4.74 Å². The van der Waals surface area contributed by atoms with Crippen LogP contribution in [0.15, 0.2) is 6.07 Å². The number of hydrogen-bond donors (Lipinski definition) is 1. The summed E-state index contributed by atoms with van der Waals surface area (Å²) in [5.74, 6) is 1.30. The van der Waals surface area contributed by atoms with Crippen LogP contribution in [0.3, 0.4) is 0 Å². The molecule has 0 heterocycles. The van der Waals surface area contributed by atoms with Gasteiger partial charge in [0.2, 0.25) is 0 Å². The van der Waals surface area contributed by atoms with Gasteiger partial charge in [-0.2, -0.15) is 0 Å². The molecule has 96 valence electrons. The first kappa shape index (κ1) is 13.9. The Hall–Kier alpha value is -1.18. The van der Waals surface area contributed by atoms with E-state index >= 15 is 0 Å². The third-order valence-corrected chi connectivity index (χ3v) is 2.91. The first-order valence-corrected chi connectivity index (χ1v) is 6.25. The number of benzene rings is 1. The highest BCUT2D eigenvalue weighted by molar-refractivity contribution is 5.54. The Morgan fingerprint density at radius 3 is 2.29 bits per heavy atom. The second-order valence-corrected chi connectivity index (χ2v) is 5.64. The van der Waals surface area contributed by atoms with Gasteiger partial charge in [-0.1, -0.05) is 27.7 Å². The summed E-state index contributed by atoms with van der Waals surface area (Å²) in [6.07, 6.45) is 0.990. The molecule has 0 aliphatic rings. The highest BCUT2D eigenvalue weighted by Crippen LogP contribution is 2.40. The zero-order chi connectivity index (χ0) is 13.2. The second-order valence-electron chi connectivity index (χ2n) is 5.64. The highest BCUT2D eigenvalue weighted by atomic mass is 16.5. The van der Waals surface area contributed by atoms with Gasteiger partial charge in [-0.25, -0.2) is 0 Å². The lowest BCUT2D eigenvalue weighted by Gasteiger charge is -2.25. The number of aromatic hydroxyl groups is 1. The molecule has 2 nitrogen and oxygen atoms in total. The summed E-state index contributed by atoms with van der Waals surface area (Å²) in [7, 11) is 0. The largest absolute Gasteiger partial charge is 0.507 e. The van der Waals surface area contributed by atoms with Crippen LogP contribution in [0.2, 0.25) is 0 Å². The van der Waals surface area contributed by atoms with E-state index in [1.54, 1.807) is 0 Å². The normalized spacial score (nSPS) is 11.6. The van der Waals surface area contributed by atoms with Crippen molar-refractivity contribution >= 4 is 0 Å². The average molecular weight is 236 g/mol. The molecule has 2 heteroatoms. The number of ether oxygens (including phenoxy) is 1. The molecule has 0 unspecified atom stereocenters. The fourth-order valence-electron chi connectivity index (χ4n) is 2.15. The van der Waals surface area contributed by atoms with Crippen LogP contribution in [-0.2, 0) is 5.41 Å². The average Bonchev–Trinajstić information content (AvgIpc) is 2.20. The minimum Gasteiger partial charge on any atom is -0.507 e. The van der Waals surface area contributed by atoms with Crippen molar-refractivity contribution in [2.45, 2.75) is 53.4 Å². The molecule has 0 aliphatic heterocycles. The summed E-state index contributed by atoms with van der Waals surface area (Å²) in [5, 5.41) is 10.2. The topological polar surface area (TPSA) is 29.5 Å². The Kier molecular flexibility index (Phi) is 4.07. The van der Waals surface area contributed by atoms with Crippen molar-refractivity contribution in [1.29, 1.82) is 0 Å². The molecular formula is C15H24O2. The van der Waals surface area contributed by atoms with Crippen molar-refractivity contribution in [1.82, 2.24) is 0 Å². The van der Waals surface area contributed by atoms with E-state index in [-0.39, 0.29) is 5.41 Å². The monoisotopic (exact) mass is 236 g/mol. The molecule has 0 atom stereocenters. The SMILES string of the molecule is CCCOc1cc(C)c(O)c(C(C)(C)C)c1C. The van der Waals surface area contributed by atoms with Crippen LogP contribution in [0, 0.1) is 13.8 Å². The second kappa shape index (κ2) is 4.99. The predicted octanol–water partition coefficient (Wildman–Crippen LogP) is 4.10. The first-order chi connectivity index (χ1) is 7.79. The maximum atomic E-state index is 10.2. The summed E-state index contributed by atoms with van der Waals surface area (Å²) >= 11 is 0. The Labute approximate surface area is 105 Å². The lowest BCUT2D eigenvalue weighted by atomic mass is 9.82. The van der Waals surface area contributed by atoms with Gasteiger partial charge in [0.05, 0.1) is 6.61 Å². The smallest absolute Gasteiger partial charge is 0.123 e. The third kappa shape index (κ3) is 2.93. The molecule has 0 spiro atoms. The molecule has 0 aliphatic carbocycles. The Morgan fingerprint density at radius 1 is 1.24 bits per heavy atom. The summed E-state index contributed by atoms with van der Waals surface area (Å²) in [6.45, 7) is 13.1.